The number of aliphatic carboxylic acids is 1. The number of benzene rings is 2. The van der Waals surface area contributed by atoms with Crippen LogP contribution in [0, 0.1) is 0 Å². The first kappa shape index (κ1) is 23.4. The zero-order chi connectivity index (χ0) is 23.3. The van der Waals surface area contributed by atoms with Gasteiger partial charge in [-0.3, -0.25) is 14.7 Å². The van der Waals surface area contributed by atoms with E-state index in [1.54, 1.807) is 38.4 Å². The van der Waals surface area contributed by atoms with Gasteiger partial charge >= 0.3 is 12.0 Å². The zero-order valence-electron chi connectivity index (χ0n) is 17.4. The second-order valence-corrected chi connectivity index (χ2v) is 7.75. The van der Waals surface area contributed by atoms with Gasteiger partial charge in [0.2, 0.25) is 0 Å². The van der Waals surface area contributed by atoms with Gasteiger partial charge in [-0.2, -0.15) is 0 Å². The minimum Gasteiger partial charge on any atom is -0.496 e. The van der Waals surface area contributed by atoms with Crippen LogP contribution in [0.5, 0.6) is 5.75 Å². The van der Waals surface area contributed by atoms with Gasteiger partial charge in [0.15, 0.2) is 0 Å². The zero-order valence-corrected chi connectivity index (χ0v) is 18.9. The number of carbonyl (C=O) groups excluding carboxylic acids is 1. The Hall–Kier alpha value is -3.29. The summed E-state index contributed by atoms with van der Waals surface area (Å²) in [6.07, 6.45) is 1.38. The van der Waals surface area contributed by atoms with Crippen molar-refractivity contribution < 1.29 is 19.4 Å². The van der Waals surface area contributed by atoms with Gasteiger partial charge in [0.25, 0.3) is 0 Å². The molecular formula is C23H21Cl2N3O4. The number of para-hydroxylation sites is 1. The van der Waals surface area contributed by atoms with Crippen molar-refractivity contribution in [2.24, 2.45) is 0 Å². The van der Waals surface area contributed by atoms with Crippen LogP contribution in [0.15, 0.2) is 54.7 Å². The summed E-state index contributed by atoms with van der Waals surface area (Å²) in [5.41, 5.74) is 3.07. The van der Waals surface area contributed by atoms with Crippen molar-refractivity contribution in [3.05, 3.63) is 76.0 Å². The molecule has 0 atom stereocenters. The molecule has 0 aliphatic rings. The van der Waals surface area contributed by atoms with E-state index in [-0.39, 0.29) is 19.0 Å². The number of carbonyl (C=O) groups is 2. The largest absolute Gasteiger partial charge is 0.496 e. The average Bonchev–Trinajstić information content (AvgIpc) is 2.77. The normalized spacial score (nSPS) is 10.5. The Labute approximate surface area is 195 Å². The number of rotatable bonds is 7. The fourth-order valence-corrected chi connectivity index (χ4v) is 3.78. The Morgan fingerprint density at radius 3 is 2.41 bits per heavy atom. The molecule has 0 aliphatic carbocycles. The van der Waals surface area contributed by atoms with Gasteiger partial charge in [-0.05, 0) is 29.8 Å². The highest BCUT2D eigenvalue weighted by molar-refractivity contribution is 6.40. The third-order valence-electron chi connectivity index (χ3n) is 4.76. The van der Waals surface area contributed by atoms with Crippen LogP contribution in [0.25, 0.3) is 11.1 Å². The van der Waals surface area contributed by atoms with Crippen LogP contribution in [-0.2, 0) is 17.8 Å². The van der Waals surface area contributed by atoms with Crippen molar-refractivity contribution in [1.29, 1.82) is 0 Å². The first-order valence-corrected chi connectivity index (χ1v) is 10.3. The van der Waals surface area contributed by atoms with Crippen LogP contribution in [0.2, 0.25) is 10.0 Å². The van der Waals surface area contributed by atoms with Crippen LogP contribution in [0.4, 0.5) is 10.5 Å². The van der Waals surface area contributed by atoms with Gasteiger partial charge in [0.05, 0.1) is 35.8 Å². The van der Waals surface area contributed by atoms with E-state index in [0.29, 0.717) is 38.3 Å². The Morgan fingerprint density at radius 1 is 1.12 bits per heavy atom. The molecule has 2 N–H and O–H groups in total. The molecule has 0 spiro atoms. The van der Waals surface area contributed by atoms with Crippen molar-refractivity contribution in [2.45, 2.75) is 13.0 Å². The molecule has 166 valence electrons. The lowest BCUT2D eigenvalue weighted by Gasteiger charge is -2.20. The molecule has 0 saturated heterocycles. The number of ether oxygens (including phenoxy) is 1. The molecule has 3 rings (SSSR count). The molecule has 0 radical (unpaired) electrons. The third kappa shape index (κ3) is 5.49. The molecule has 0 bridgehead atoms. The molecule has 0 aliphatic heterocycles. The highest BCUT2D eigenvalue weighted by Crippen LogP contribution is 2.41. The molecule has 9 heteroatoms. The van der Waals surface area contributed by atoms with Gasteiger partial charge in [0.1, 0.15) is 5.75 Å². The van der Waals surface area contributed by atoms with E-state index in [9.17, 15) is 9.59 Å². The van der Waals surface area contributed by atoms with Crippen LogP contribution in [0.3, 0.4) is 0 Å². The standard InChI is InChI=1S/C23H21Cl2N3O4/c1-28(23(31)27-13-15-8-7-14(12-26-15)9-21(29)30)16-10-18(24)22(19(25)11-16)17-5-3-4-6-20(17)32-2/h3-8,10-12H,9,13H2,1-2H3,(H,27,31)(H,29,30). The molecule has 0 saturated carbocycles. The summed E-state index contributed by atoms with van der Waals surface area (Å²) in [5, 5.41) is 12.3. The lowest BCUT2D eigenvalue weighted by molar-refractivity contribution is -0.136. The highest BCUT2D eigenvalue weighted by Gasteiger charge is 2.18. The molecule has 32 heavy (non-hydrogen) atoms. The van der Waals surface area contributed by atoms with E-state index < -0.39 is 5.97 Å². The SMILES string of the molecule is COc1ccccc1-c1c(Cl)cc(N(C)C(=O)NCc2ccc(CC(=O)O)cn2)cc1Cl. The van der Waals surface area contributed by atoms with E-state index in [1.807, 2.05) is 24.3 Å². The maximum absolute atomic E-state index is 12.6. The second-order valence-electron chi connectivity index (χ2n) is 6.93. The number of urea groups is 1. The van der Waals surface area contributed by atoms with Gasteiger partial charge < -0.3 is 15.2 Å². The third-order valence-corrected chi connectivity index (χ3v) is 5.35. The van der Waals surface area contributed by atoms with E-state index in [4.69, 9.17) is 33.0 Å². The summed E-state index contributed by atoms with van der Waals surface area (Å²) in [5.74, 6) is -0.291. The molecule has 0 unspecified atom stereocenters. The average molecular weight is 474 g/mol. The van der Waals surface area contributed by atoms with Crippen molar-refractivity contribution in [1.82, 2.24) is 10.3 Å². The maximum atomic E-state index is 12.6. The monoisotopic (exact) mass is 473 g/mol. The summed E-state index contributed by atoms with van der Waals surface area (Å²) < 4.78 is 5.40. The van der Waals surface area contributed by atoms with Gasteiger partial charge in [-0.1, -0.05) is 47.5 Å². The molecule has 1 aromatic heterocycles. The lowest BCUT2D eigenvalue weighted by Crippen LogP contribution is -2.37. The van der Waals surface area contributed by atoms with E-state index >= 15 is 0 Å². The Morgan fingerprint density at radius 2 is 1.81 bits per heavy atom. The first-order chi connectivity index (χ1) is 15.3. The molecule has 2 amide bonds. The number of amides is 2. The number of halogens is 2. The highest BCUT2D eigenvalue weighted by atomic mass is 35.5. The molecule has 2 aromatic carbocycles. The molecule has 1 heterocycles. The van der Waals surface area contributed by atoms with Gasteiger partial charge in [-0.15, -0.1) is 0 Å². The number of methoxy groups -OCH3 is 1. The number of hydrogen-bond donors (Lipinski definition) is 2. The summed E-state index contributed by atoms with van der Waals surface area (Å²) in [6, 6.07) is 13.7. The summed E-state index contributed by atoms with van der Waals surface area (Å²) in [7, 11) is 3.17. The van der Waals surface area contributed by atoms with Crippen molar-refractivity contribution in [3.8, 4) is 16.9 Å². The summed E-state index contributed by atoms with van der Waals surface area (Å²) in [4.78, 5) is 28.9. The number of carboxylic acid groups (broad SMARTS) is 1. The van der Waals surface area contributed by atoms with Gasteiger partial charge in [0, 0.05) is 30.1 Å². The minimum absolute atomic E-state index is 0.102. The fraction of sp³-hybridized carbons (Fsp3) is 0.174. The second kappa shape index (κ2) is 10.3. The number of aromatic nitrogens is 1. The molecule has 7 nitrogen and oxygen atoms in total. The smallest absolute Gasteiger partial charge is 0.321 e. The topological polar surface area (TPSA) is 91.8 Å². The van der Waals surface area contributed by atoms with Crippen LogP contribution < -0.4 is 15.0 Å². The quantitative estimate of drug-likeness (QED) is 0.501. The molecule has 3 aromatic rings. The molecule has 0 fully saturated rings. The number of hydrogen-bond acceptors (Lipinski definition) is 4. The molecular weight excluding hydrogens is 453 g/mol. The summed E-state index contributed by atoms with van der Waals surface area (Å²) in [6.45, 7) is 0.178. The van der Waals surface area contributed by atoms with Crippen molar-refractivity contribution in [2.75, 3.05) is 19.1 Å². The number of pyridine rings is 1. The Balaban J connectivity index is 1.72. The van der Waals surface area contributed by atoms with E-state index in [0.717, 1.165) is 5.56 Å². The predicted molar refractivity (Wildman–Crippen MR) is 125 cm³/mol. The van der Waals surface area contributed by atoms with Crippen molar-refractivity contribution in [3.63, 3.8) is 0 Å². The fourth-order valence-electron chi connectivity index (χ4n) is 3.10. The number of nitrogens with zero attached hydrogens (tertiary/aromatic N) is 2. The summed E-state index contributed by atoms with van der Waals surface area (Å²) >= 11 is 13.0. The van der Waals surface area contributed by atoms with E-state index in [2.05, 4.69) is 10.3 Å². The Kier molecular flexibility index (Phi) is 7.56. The number of carboxylic acids is 1. The number of nitrogens with one attached hydrogen (secondary N) is 1. The van der Waals surface area contributed by atoms with Gasteiger partial charge in [-0.25, -0.2) is 4.79 Å². The number of anilines is 1. The van der Waals surface area contributed by atoms with E-state index in [1.165, 1.54) is 11.1 Å². The van der Waals surface area contributed by atoms with Crippen LogP contribution in [-0.4, -0.2) is 36.2 Å². The van der Waals surface area contributed by atoms with Crippen LogP contribution >= 0.6 is 23.2 Å². The Bertz CT molecular complexity index is 1110. The lowest BCUT2D eigenvalue weighted by atomic mass is 10.0. The first-order valence-electron chi connectivity index (χ1n) is 9.59. The van der Waals surface area contributed by atoms with Crippen molar-refractivity contribution >= 4 is 40.9 Å². The minimum atomic E-state index is -0.927. The predicted octanol–water partition coefficient (Wildman–Crippen LogP) is 5.04. The van der Waals surface area contributed by atoms with Crippen LogP contribution in [0.1, 0.15) is 11.3 Å². The maximum Gasteiger partial charge on any atom is 0.321 e.